The zero-order valence-electron chi connectivity index (χ0n) is 10.2. The van der Waals surface area contributed by atoms with Gasteiger partial charge in [-0.2, -0.15) is 0 Å². The molecule has 0 aromatic heterocycles. The minimum Gasteiger partial charge on any atom is -0.481 e. The summed E-state index contributed by atoms with van der Waals surface area (Å²) in [5.41, 5.74) is 0. The molecule has 0 bridgehead atoms. The van der Waals surface area contributed by atoms with E-state index >= 15 is 0 Å². The van der Waals surface area contributed by atoms with E-state index in [0.717, 1.165) is 18.9 Å². The third-order valence-electron chi connectivity index (χ3n) is 3.68. The molecule has 0 spiro atoms. The Bertz CT molecular complexity index is 315. The van der Waals surface area contributed by atoms with Gasteiger partial charge in [0, 0.05) is 19.1 Å². The van der Waals surface area contributed by atoms with E-state index in [-0.39, 0.29) is 12.3 Å². The Labute approximate surface area is 101 Å². The van der Waals surface area contributed by atoms with E-state index in [1.807, 2.05) is 0 Å². The lowest BCUT2D eigenvalue weighted by Gasteiger charge is -2.38. The van der Waals surface area contributed by atoms with Gasteiger partial charge in [-0.3, -0.25) is 14.5 Å². The van der Waals surface area contributed by atoms with Crippen LogP contribution in [0.2, 0.25) is 0 Å². The van der Waals surface area contributed by atoms with Crippen molar-refractivity contribution in [3.8, 4) is 0 Å². The molecule has 1 aliphatic heterocycles. The Morgan fingerprint density at radius 2 is 2.29 bits per heavy atom. The van der Waals surface area contributed by atoms with Gasteiger partial charge in [0.2, 0.25) is 5.91 Å². The molecule has 2 rings (SSSR count). The molecule has 1 amide bonds. The summed E-state index contributed by atoms with van der Waals surface area (Å²) in [5.74, 6) is -0.252. The smallest absolute Gasteiger partial charge is 0.305 e. The largest absolute Gasteiger partial charge is 0.481 e. The lowest BCUT2D eigenvalue weighted by atomic mass is 10.0. The van der Waals surface area contributed by atoms with Gasteiger partial charge in [0.25, 0.3) is 0 Å². The maximum atomic E-state index is 11.7. The Balaban J connectivity index is 1.99. The zero-order valence-corrected chi connectivity index (χ0v) is 10.2. The number of nitrogens with one attached hydrogen (secondary N) is 1. The van der Waals surface area contributed by atoms with E-state index < -0.39 is 12.0 Å². The summed E-state index contributed by atoms with van der Waals surface area (Å²) < 4.78 is 0. The van der Waals surface area contributed by atoms with Crippen LogP contribution in [0.5, 0.6) is 0 Å². The minimum absolute atomic E-state index is 0.0964. The standard InChI is InChI=1S/C12H20N2O3/c1-8(6-9-2-3-9)14-5-4-13-12(17)10(14)7-11(15)16/h8-10H,2-7H2,1H3,(H,13,17)(H,15,16). The van der Waals surface area contributed by atoms with Crippen molar-refractivity contribution in [3.05, 3.63) is 0 Å². The summed E-state index contributed by atoms with van der Waals surface area (Å²) in [6.07, 6.45) is 3.56. The molecule has 2 aliphatic rings. The molecule has 1 saturated heterocycles. The number of carbonyl (C=O) groups excluding carboxylic acids is 1. The molecular formula is C12H20N2O3. The van der Waals surface area contributed by atoms with Gasteiger partial charge in [0.1, 0.15) is 0 Å². The first-order valence-electron chi connectivity index (χ1n) is 6.33. The number of nitrogens with zero attached hydrogens (tertiary/aromatic N) is 1. The lowest BCUT2D eigenvalue weighted by Crippen LogP contribution is -2.58. The van der Waals surface area contributed by atoms with Crippen LogP contribution in [0.4, 0.5) is 0 Å². The van der Waals surface area contributed by atoms with Crippen LogP contribution >= 0.6 is 0 Å². The summed E-state index contributed by atoms with van der Waals surface area (Å²) >= 11 is 0. The van der Waals surface area contributed by atoms with E-state index in [4.69, 9.17) is 5.11 Å². The summed E-state index contributed by atoms with van der Waals surface area (Å²) in [7, 11) is 0. The Kier molecular flexibility index (Phi) is 3.66. The van der Waals surface area contributed by atoms with Gasteiger partial charge in [-0.05, 0) is 19.3 Å². The summed E-state index contributed by atoms with van der Waals surface area (Å²) in [4.78, 5) is 24.6. The first-order valence-corrected chi connectivity index (χ1v) is 6.33. The van der Waals surface area contributed by atoms with Crippen molar-refractivity contribution < 1.29 is 14.7 Å². The number of piperazine rings is 1. The fraction of sp³-hybridized carbons (Fsp3) is 0.833. The molecular weight excluding hydrogens is 220 g/mol. The highest BCUT2D eigenvalue weighted by molar-refractivity contribution is 5.86. The number of carboxylic acid groups (broad SMARTS) is 1. The van der Waals surface area contributed by atoms with Crippen LogP contribution in [0.3, 0.4) is 0 Å². The van der Waals surface area contributed by atoms with E-state index in [0.29, 0.717) is 12.6 Å². The third kappa shape index (κ3) is 3.19. The molecule has 5 heteroatoms. The van der Waals surface area contributed by atoms with Crippen LogP contribution in [-0.2, 0) is 9.59 Å². The number of rotatable bonds is 5. The van der Waals surface area contributed by atoms with Gasteiger partial charge in [-0.1, -0.05) is 12.8 Å². The van der Waals surface area contributed by atoms with Gasteiger partial charge in [0.15, 0.2) is 0 Å². The highest BCUT2D eigenvalue weighted by Crippen LogP contribution is 2.35. The Hall–Kier alpha value is -1.10. The van der Waals surface area contributed by atoms with Crippen molar-refractivity contribution in [1.82, 2.24) is 10.2 Å². The zero-order chi connectivity index (χ0) is 12.4. The molecule has 5 nitrogen and oxygen atoms in total. The number of amides is 1. The predicted molar refractivity (Wildman–Crippen MR) is 62.6 cm³/mol. The molecule has 17 heavy (non-hydrogen) atoms. The third-order valence-corrected chi connectivity index (χ3v) is 3.68. The van der Waals surface area contributed by atoms with Crippen LogP contribution in [-0.4, -0.2) is 47.1 Å². The SMILES string of the molecule is CC(CC1CC1)N1CCNC(=O)C1CC(=O)O. The average Bonchev–Trinajstić information content (AvgIpc) is 3.04. The Morgan fingerprint density at radius 1 is 1.59 bits per heavy atom. The molecule has 1 saturated carbocycles. The van der Waals surface area contributed by atoms with Gasteiger partial charge in [-0.25, -0.2) is 0 Å². The van der Waals surface area contributed by atoms with Crippen molar-refractivity contribution in [3.63, 3.8) is 0 Å². The van der Waals surface area contributed by atoms with Crippen LogP contribution in [0.25, 0.3) is 0 Å². The van der Waals surface area contributed by atoms with E-state index in [1.54, 1.807) is 0 Å². The molecule has 2 fully saturated rings. The summed E-state index contributed by atoms with van der Waals surface area (Å²) in [6, 6.07) is -0.187. The fourth-order valence-electron chi connectivity index (χ4n) is 2.61. The normalized spacial score (nSPS) is 27.6. The number of hydrogen-bond acceptors (Lipinski definition) is 3. The number of hydrogen-bond donors (Lipinski definition) is 2. The van der Waals surface area contributed by atoms with E-state index in [9.17, 15) is 9.59 Å². The van der Waals surface area contributed by atoms with Crippen molar-refractivity contribution >= 4 is 11.9 Å². The molecule has 2 atom stereocenters. The molecule has 0 aromatic rings. The number of carboxylic acids is 1. The van der Waals surface area contributed by atoms with Gasteiger partial charge in [-0.15, -0.1) is 0 Å². The van der Waals surface area contributed by atoms with Crippen molar-refractivity contribution in [1.29, 1.82) is 0 Å². The van der Waals surface area contributed by atoms with Crippen LogP contribution < -0.4 is 5.32 Å². The van der Waals surface area contributed by atoms with E-state index in [2.05, 4.69) is 17.1 Å². The van der Waals surface area contributed by atoms with Crippen molar-refractivity contribution in [2.75, 3.05) is 13.1 Å². The minimum atomic E-state index is -0.907. The first kappa shape index (κ1) is 12.4. The van der Waals surface area contributed by atoms with Crippen molar-refractivity contribution in [2.24, 2.45) is 5.92 Å². The second-order valence-electron chi connectivity index (χ2n) is 5.17. The van der Waals surface area contributed by atoms with Gasteiger partial charge < -0.3 is 10.4 Å². The number of aliphatic carboxylic acids is 1. The predicted octanol–water partition coefficient (Wildman–Crippen LogP) is 0.450. The monoisotopic (exact) mass is 240 g/mol. The molecule has 0 radical (unpaired) electrons. The highest BCUT2D eigenvalue weighted by atomic mass is 16.4. The van der Waals surface area contributed by atoms with Crippen LogP contribution in [0.15, 0.2) is 0 Å². The second-order valence-corrected chi connectivity index (χ2v) is 5.17. The molecule has 2 N–H and O–H groups in total. The highest BCUT2D eigenvalue weighted by Gasteiger charge is 2.36. The lowest BCUT2D eigenvalue weighted by molar-refractivity contribution is -0.143. The average molecular weight is 240 g/mol. The molecule has 2 unspecified atom stereocenters. The maximum absolute atomic E-state index is 11.7. The Morgan fingerprint density at radius 3 is 2.88 bits per heavy atom. The fourth-order valence-corrected chi connectivity index (χ4v) is 2.61. The van der Waals surface area contributed by atoms with Crippen LogP contribution in [0.1, 0.15) is 32.6 Å². The summed E-state index contributed by atoms with van der Waals surface area (Å²) in [6.45, 7) is 3.49. The maximum Gasteiger partial charge on any atom is 0.305 e. The van der Waals surface area contributed by atoms with E-state index in [1.165, 1.54) is 12.8 Å². The molecule has 96 valence electrons. The molecule has 0 aromatic carbocycles. The summed E-state index contributed by atoms with van der Waals surface area (Å²) in [5, 5.41) is 11.6. The quantitative estimate of drug-likeness (QED) is 0.732. The number of carbonyl (C=O) groups is 2. The topological polar surface area (TPSA) is 69.6 Å². The van der Waals surface area contributed by atoms with Gasteiger partial charge in [0.05, 0.1) is 12.5 Å². The molecule has 1 aliphatic carbocycles. The second kappa shape index (κ2) is 5.04. The van der Waals surface area contributed by atoms with Gasteiger partial charge >= 0.3 is 5.97 Å². The molecule has 1 heterocycles. The van der Waals surface area contributed by atoms with Crippen molar-refractivity contribution in [2.45, 2.75) is 44.7 Å². The van der Waals surface area contributed by atoms with Crippen LogP contribution in [0, 0.1) is 5.92 Å². The first-order chi connectivity index (χ1) is 8.08.